The highest BCUT2D eigenvalue weighted by molar-refractivity contribution is 7.80. The first-order valence-corrected chi connectivity index (χ1v) is 3.05. The second kappa shape index (κ2) is 4.46. The summed E-state index contributed by atoms with van der Waals surface area (Å²) in [5.74, 6) is 0.264. The van der Waals surface area contributed by atoms with Crippen LogP contribution in [0.4, 0.5) is 4.79 Å². The predicted molar refractivity (Wildman–Crippen MR) is 35.9 cm³/mol. The van der Waals surface area contributed by atoms with Gasteiger partial charge >= 0.3 is 6.09 Å². The number of aliphatic hydroxyl groups is 1. The predicted octanol–water partition coefficient (Wildman–Crippen LogP) is -0.455. The van der Waals surface area contributed by atoms with Gasteiger partial charge in [0.05, 0.1) is 6.10 Å². The standard InChI is InChI=1S/C4H9NO3S/c6-3(2-9)1-5-4(7)8/h3,5-6,9H,1-2H2,(H,7,8). The third kappa shape index (κ3) is 5.45. The van der Waals surface area contributed by atoms with E-state index in [0.29, 0.717) is 0 Å². The number of nitrogens with one attached hydrogen (secondary N) is 1. The van der Waals surface area contributed by atoms with Gasteiger partial charge < -0.3 is 15.5 Å². The second-order valence-electron chi connectivity index (χ2n) is 1.52. The van der Waals surface area contributed by atoms with E-state index < -0.39 is 12.2 Å². The molecular formula is C4H9NO3S. The Balaban J connectivity index is 3.16. The molecule has 1 atom stereocenters. The van der Waals surface area contributed by atoms with Crippen LogP contribution in [0.15, 0.2) is 0 Å². The van der Waals surface area contributed by atoms with E-state index in [-0.39, 0.29) is 12.3 Å². The van der Waals surface area contributed by atoms with Crippen LogP contribution in [0.3, 0.4) is 0 Å². The first kappa shape index (κ1) is 8.58. The average Bonchev–Trinajstić information content (AvgIpc) is 1.83. The topological polar surface area (TPSA) is 69.6 Å². The molecular weight excluding hydrogens is 142 g/mol. The van der Waals surface area contributed by atoms with Gasteiger partial charge in [0, 0.05) is 12.3 Å². The molecule has 0 saturated heterocycles. The lowest BCUT2D eigenvalue weighted by Crippen LogP contribution is -2.31. The third-order valence-corrected chi connectivity index (χ3v) is 1.12. The molecule has 0 aliphatic carbocycles. The van der Waals surface area contributed by atoms with E-state index in [1.165, 1.54) is 0 Å². The van der Waals surface area contributed by atoms with Crippen molar-refractivity contribution in [3.05, 3.63) is 0 Å². The highest BCUT2D eigenvalue weighted by Crippen LogP contribution is 1.82. The van der Waals surface area contributed by atoms with Gasteiger partial charge in [-0.25, -0.2) is 4.79 Å². The molecule has 0 bridgehead atoms. The number of carboxylic acid groups (broad SMARTS) is 1. The van der Waals surface area contributed by atoms with E-state index >= 15 is 0 Å². The highest BCUT2D eigenvalue weighted by atomic mass is 32.1. The molecule has 0 heterocycles. The van der Waals surface area contributed by atoms with Gasteiger partial charge in [-0.05, 0) is 0 Å². The lowest BCUT2D eigenvalue weighted by molar-refractivity contribution is 0.170. The Hall–Kier alpha value is -0.420. The summed E-state index contributed by atoms with van der Waals surface area (Å²) in [6.45, 7) is 0.0405. The van der Waals surface area contributed by atoms with E-state index in [9.17, 15) is 4.79 Å². The first-order chi connectivity index (χ1) is 4.16. The molecule has 1 amide bonds. The maximum atomic E-state index is 9.77. The van der Waals surface area contributed by atoms with Gasteiger partial charge in [-0.3, -0.25) is 0 Å². The molecule has 1 unspecified atom stereocenters. The molecule has 0 radical (unpaired) electrons. The maximum absolute atomic E-state index is 9.77. The Morgan fingerprint density at radius 3 is 2.67 bits per heavy atom. The summed E-state index contributed by atoms with van der Waals surface area (Å²) in [6.07, 6.45) is -1.82. The monoisotopic (exact) mass is 151 g/mol. The zero-order valence-corrected chi connectivity index (χ0v) is 5.64. The molecule has 0 rings (SSSR count). The van der Waals surface area contributed by atoms with Crippen molar-refractivity contribution < 1.29 is 15.0 Å². The van der Waals surface area contributed by atoms with Gasteiger partial charge in [0.1, 0.15) is 0 Å². The van der Waals surface area contributed by atoms with Crippen LogP contribution in [0.5, 0.6) is 0 Å². The Morgan fingerprint density at radius 2 is 2.33 bits per heavy atom. The SMILES string of the molecule is O=C(O)NCC(O)CS. The average molecular weight is 151 g/mol. The summed E-state index contributed by atoms with van der Waals surface area (Å²) in [5.41, 5.74) is 0. The van der Waals surface area contributed by atoms with E-state index in [1.807, 2.05) is 5.32 Å². The van der Waals surface area contributed by atoms with Gasteiger partial charge in [-0.2, -0.15) is 12.6 Å². The summed E-state index contributed by atoms with van der Waals surface area (Å²) in [4.78, 5) is 9.77. The fourth-order valence-electron chi connectivity index (χ4n) is 0.270. The van der Waals surface area contributed by atoms with E-state index in [4.69, 9.17) is 10.2 Å². The summed E-state index contributed by atoms with van der Waals surface area (Å²) in [5, 5.41) is 18.7. The van der Waals surface area contributed by atoms with Gasteiger partial charge in [0.15, 0.2) is 0 Å². The summed E-state index contributed by atoms with van der Waals surface area (Å²) in [6, 6.07) is 0. The van der Waals surface area contributed by atoms with E-state index in [0.717, 1.165) is 0 Å². The van der Waals surface area contributed by atoms with Crippen LogP contribution in [-0.2, 0) is 0 Å². The molecule has 0 aliphatic heterocycles. The summed E-state index contributed by atoms with van der Waals surface area (Å²) < 4.78 is 0. The van der Waals surface area contributed by atoms with Crippen molar-refractivity contribution in [2.45, 2.75) is 6.10 Å². The van der Waals surface area contributed by atoms with E-state index in [1.54, 1.807) is 0 Å². The van der Waals surface area contributed by atoms with Gasteiger partial charge in [-0.15, -0.1) is 0 Å². The molecule has 0 aliphatic rings. The quantitative estimate of drug-likeness (QED) is 0.413. The molecule has 0 spiro atoms. The minimum absolute atomic E-state index is 0.0405. The zero-order valence-electron chi connectivity index (χ0n) is 4.74. The number of hydrogen-bond donors (Lipinski definition) is 4. The van der Waals surface area contributed by atoms with Crippen LogP contribution in [-0.4, -0.2) is 34.7 Å². The Labute approximate surface area is 58.3 Å². The van der Waals surface area contributed by atoms with Crippen LogP contribution in [0, 0.1) is 0 Å². The van der Waals surface area contributed by atoms with Gasteiger partial charge in [0.25, 0.3) is 0 Å². The maximum Gasteiger partial charge on any atom is 0.404 e. The minimum atomic E-state index is -1.13. The van der Waals surface area contributed by atoms with Crippen LogP contribution in [0.1, 0.15) is 0 Å². The Kier molecular flexibility index (Phi) is 4.25. The third-order valence-electron chi connectivity index (χ3n) is 0.700. The lowest BCUT2D eigenvalue weighted by atomic mass is 10.4. The highest BCUT2D eigenvalue weighted by Gasteiger charge is 2.01. The molecule has 0 aromatic rings. The Morgan fingerprint density at radius 1 is 1.78 bits per heavy atom. The van der Waals surface area contributed by atoms with Crippen LogP contribution in [0.25, 0.3) is 0 Å². The molecule has 3 N–H and O–H groups in total. The molecule has 9 heavy (non-hydrogen) atoms. The molecule has 0 fully saturated rings. The largest absolute Gasteiger partial charge is 0.465 e. The lowest BCUT2D eigenvalue weighted by Gasteiger charge is -2.04. The van der Waals surface area contributed by atoms with Crippen molar-refractivity contribution in [3.8, 4) is 0 Å². The molecule has 0 aromatic carbocycles. The van der Waals surface area contributed by atoms with Gasteiger partial charge in [-0.1, -0.05) is 0 Å². The number of hydrogen-bond acceptors (Lipinski definition) is 3. The van der Waals surface area contributed by atoms with Crippen molar-refractivity contribution in [2.24, 2.45) is 0 Å². The smallest absolute Gasteiger partial charge is 0.404 e. The van der Waals surface area contributed by atoms with Crippen LogP contribution < -0.4 is 5.32 Å². The molecule has 0 aromatic heterocycles. The molecule has 54 valence electrons. The number of thiol groups is 1. The van der Waals surface area contributed by atoms with Crippen LogP contribution >= 0.6 is 12.6 Å². The van der Waals surface area contributed by atoms with Crippen molar-refractivity contribution in [3.63, 3.8) is 0 Å². The number of carbonyl (C=O) groups is 1. The number of rotatable bonds is 3. The van der Waals surface area contributed by atoms with Crippen molar-refractivity contribution >= 4 is 18.7 Å². The summed E-state index contributed by atoms with van der Waals surface area (Å²) >= 11 is 3.73. The molecule has 5 heteroatoms. The number of amides is 1. The van der Waals surface area contributed by atoms with Crippen molar-refractivity contribution in [1.82, 2.24) is 5.32 Å². The summed E-state index contributed by atoms with van der Waals surface area (Å²) in [7, 11) is 0. The van der Waals surface area contributed by atoms with Crippen molar-refractivity contribution in [1.29, 1.82) is 0 Å². The molecule has 0 saturated carbocycles. The zero-order chi connectivity index (χ0) is 7.28. The first-order valence-electron chi connectivity index (χ1n) is 2.42. The van der Waals surface area contributed by atoms with Crippen molar-refractivity contribution in [2.75, 3.05) is 12.3 Å². The van der Waals surface area contributed by atoms with Crippen LogP contribution in [0.2, 0.25) is 0 Å². The second-order valence-corrected chi connectivity index (χ2v) is 1.89. The normalized spacial score (nSPS) is 12.7. The van der Waals surface area contributed by atoms with E-state index in [2.05, 4.69) is 12.6 Å². The molecule has 4 nitrogen and oxygen atoms in total. The van der Waals surface area contributed by atoms with Gasteiger partial charge in [0.2, 0.25) is 0 Å². The minimum Gasteiger partial charge on any atom is -0.465 e. The fourth-order valence-corrected chi connectivity index (χ4v) is 0.399. The fraction of sp³-hybridized carbons (Fsp3) is 0.750. The number of aliphatic hydroxyl groups excluding tert-OH is 1. The Bertz CT molecular complexity index is 97.8.